The zero-order valence-corrected chi connectivity index (χ0v) is 17.9. The van der Waals surface area contributed by atoms with Gasteiger partial charge in [0.1, 0.15) is 23.4 Å². The summed E-state index contributed by atoms with van der Waals surface area (Å²) in [4.78, 5) is 24.5. The van der Waals surface area contributed by atoms with Crippen LogP contribution in [0.5, 0.6) is 5.88 Å². The van der Waals surface area contributed by atoms with Crippen molar-refractivity contribution in [3.63, 3.8) is 0 Å². The predicted molar refractivity (Wildman–Crippen MR) is 118 cm³/mol. The first kappa shape index (κ1) is 20.4. The van der Waals surface area contributed by atoms with E-state index in [-0.39, 0.29) is 11.9 Å². The Kier molecular flexibility index (Phi) is 5.68. The molecule has 0 unspecified atom stereocenters. The SMILES string of the molecule is C[C@H]1CCCOc2ncc(N3CCOCC3)cc2C(=O)Nc2cccc(n2)-c2nncn21. The Balaban J connectivity index is 1.51. The molecule has 0 aromatic carbocycles. The number of hydrogen-bond acceptors (Lipinski definition) is 8. The van der Waals surface area contributed by atoms with E-state index in [1.54, 1.807) is 18.6 Å². The molecule has 5 rings (SSSR count). The monoisotopic (exact) mass is 435 g/mol. The molecule has 166 valence electrons. The van der Waals surface area contributed by atoms with Crippen LogP contribution in [0.25, 0.3) is 11.5 Å². The third-order valence-corrected chi connectivity index (χ3v) is 5.73. The fourth-order valence-electron chi connectivity index (χ4n) is 3.96. The van der Waals surface area contributed by atoms with Crippen LogP contribution in [0, 0.1) is 0 Å². The number of hydrogen-bond donors (Lipinski definition) is 1. The molecule has 0 spiro atoms. The van der Waals surface area contributed by atoms with Gasteiger partial charge in [-0.05, 0) is 38.0 Å². The molecule has 32 heavy (non-hydrogen) atoms. The van der Waals surface area contributed by atoms with E-state index in [0.717, 1.165) is 31.6 Å². The van der Waals surface area contributed by atoms with Gasteiger partial charge in [0.15, 0.2) is 5.82 Å². The number of anilines is 2. The van der Waals surface area contributed by atoms with Crippen molar-refractivity contribution in [1.29, 1.82) is 0 Å². The highest BCUT2D eigenvalue weighted by atomic mass is 16.5. The molecule has 3 aromatic rings. The van der Waals surface area contributed by atoms with Crippen molar-refractivity contribution in [3.8, 4) is 17.4 Å². The van der Waals surface area contributed by atoms with Crippen LogP contribution in [0.3, 0.4) is 0 Å². The molecule has 2 bridgehead atoms. The van der Waals surface area contributed by atoms with Crippen molar-refractivity contribution in [1.82, 2.24) is 24.7 Å². The highest BCUT2D eigenvalue weighted by Crippen LogP contribution is 2.27. The fourth-order valence-corrected chi connectivity index (χ4v) is 3.96. The number of fused-ring (bicyclic) bond motifs is 5. The molecule has 1 fully saturated rings. The van der Waals surface area contributed by atoms with Gasteiger partial charge >= 0.3 is 0 Å². The topological polar surface area (TPSA) is 107 Å². The number of carbonyl (C=O) groups is 1. The number of pyridine rings is 2. The average molecular weight is 435 g/mol. The highest BCUT2D eigenvalue weighted by molar-refractivity contribution is 6.06. The maximum Gasteiger partial charge on any atom is 0.262 e. The maximum absolute atomic E-state index is 13.2. The quantitative estimate of drug-likeness (QED) is 0.621. The van der Waals surface area contributed by atoms with Gasteiger partial charge in [-0.3, -0.25) is 4.79 Å². The molecule has 3 aromatic heterocycles. The Morgan fingerprint density at radius 2 is 2.06 bits per heavy atom. The third-order valence-electron chi connectivity index (χ3n) is 5.73. The summed E-state index contributed by atoms with van der Waals surface area (Å²) >= 11 is 0. The Morgan fingerprint density at radius 1 is 1.19 bits per heavy atom. The first-order chi connectivity index (χ1) is 15.7. The second-order valence-corrected chi connectivity index (χ2v) is 7.91. The van der Waals surface area contributed by atoms with Gasteiger partial charge < -0.3 is 24.3 Å². The predicted octanol–water partition coefficient (Wildman–Crippen LogP) is 2.56. The lowest BCUT2D eigenvalue weighted by Crippen LogP contribution is -2.36. The van der Waals surface area contributed by atoms with Gasteiger partial charge in [-0.1, -0.05) is 6.07 Å². The lowest BCUT2D eigenvalue weighted by atomic mass is 10.1. The van der Waals surface area contributed by atoms with Crippen LogP contribution < -0.4 is 15.0 Å². The van der Waals surface area contributed by atoms with Crippen LogP contribution >= 0.6 is 0 Å². The molecule has 1 N–H and O–H groups in total. The smallest absolute Gasteiger partial charge is 0.262 e. The van der Waals surface area contributed by atoms with E-state index in [9.17, 15) is 4.79 Å². The van der Waals surface area contributed by atoms with E-state index < -0.39 is 0 Å². The normalized spacial score (nSPS) is 19.2. The summed E-state index contributed by atoms with van der Waals surface area (Å²) < 4.78 is 13.4. The number of amides is 1. The average Bonchev–Trinajstić information content (AvgIpc) is 3.32. The van der Waals surface area contributed by atoms with E-state index in [0.29, 0.717) is 48.6 Å². The molecular formula is C22H25N7O3. The summed E-state index contributed by atoms with van der Waals surface area (Å²) in [5.74, 6) is 1.10. The minimum atomic E-state index is -0.320. The number of morpholine rings is 1. The van der Waals surface area contributed by atoms with Gasteiger partial charge in [-0.2, -0.15) is 0 Å². The van der Waals surface area contributed by atoms with Gasteiger partial charge in [0.25, 0.3) is 5.91 Å². The number of rotatable bonds is 1. The lowest BCUT2D eigenvalue weighted by Gasteiger charge is -2.29. The summed E-state index contributed by atoms with van der Waals surface area (Å²) in [7, 11) is 0. The number of carbonyl (C=O) groups excluding carboxylic acids is 1. The minimum Gasteiger partial charge on any atom is -0.477 e. The van der Waals surface area contributed by atoms with Crippen LogP contribution in [-0.2, 0) is 4.74 Å². The summed E-state index contributed by atoms with van der Waals surface area (Å²) in [6.07, 6.45) is 5.12. The number of ether oxygens (including phenoxy) is 2. The van der Waals surface area contributed by atoms with Crippen LogP contribution in [0.2, 0.25) is 0 Å². The summed E-state index contributed by atoms with van der Waals surface area (Å²) in [6, 6.07) is 7.45. The highest BCUT2D eigenvalue weighted by Gasteiger charge is 2.21. The van der Waals surface area contributed by atoms with E-state index in [1.807, 2.05) is 22.8 Å². The Morgan fingerprint density at radius 3 is 2.94 bits per heavy atom. The van der Waals surface area contributed by atoms with Crippen molar-refractivity contribution in [2.45, 2.75) is 25.8 Å². The number of nitrogens with zero attached hydrogens (tertiary/aromatic N) is 6. The molecule has 0 aliphatic carbocycles. The number of aromatic nitrogens is 5. The van der Waals surface area contributed by atoms with Crippen molar-refractivity contribution < 1.29 is 14.3 Å². The van der Waals surface area contributed by atoms with Gasteiger partial charge in [-0.15, -0.1) is 10.2 Å². The Hall–Kier alpha value is -3.53. The molecule has 1 saturated heterocycles. The molecule has 2 aliphatic heterocycles. The van der Waals surface area contributed by atoms with Crippen molar-refractivity contribution >= 4 is 17.4 Å². The van der Waals surface area contributed by atoms with Crippen molar-refractivity contribution in [2.75, 3.05) is 43.1 Å². The zero-order chi connectivity index (χ0) is 21.9. The summed E-state index contributed by atoms with van der Waals surface area (Å²) in [6.45, 7) is 5.38. The molecule has 1 amide bonds. The maximum atomic E-state index is 13.2. The standard InChI is InChI=1S/C22H25N7O3/c1-15-4-3-9-32-22-17(12-16(13-23-22)28-7-10-31-11-8-28)21(30)26-19-6-2-5-18(25-19)20-27-24-14-29(15)20/h2,5-6,12-15H,3-4,7-11H2,1H3,(H,25,26,30)/t15-/m0/s1. The molecule has 1 atom stereocenters. The van der Waals surface area contributed by atoms with Crippen LogP contribution in [0.4, 0.5) is 11.5 Å². The van der Waals surface area contributed by atoms with Crippen molar-refractivity contribution in [2.24, 2.45) is 0 Å². The molecule has 0 radical (unpaired) electrons. The number of nitrogens with one attached hydrogen (secondary N) is 1. The zero-order valence-electron chi connectivity index (χ0n) is 17.9. The van der Waals surface area contributed by atoms with Gasteiger partial charge in [0, 0.05) is 19.1 Å². The second-order valence-electron chi connectivity index (χ2n) is 7.91. The summed E-state index contributed by atoms with van der Waals surface area (Å²) in [5, 5.41) is 11.2. The fraction of sp³-hybridized carbons (Fsp3) is 0.409. The first-order valence-electron chi connectivity index (χ1n) is 10.8. The van der Waals surface area contributed by atoms with E-state index >= 15 is 0 Å². The van der Waals surface area contributed by atoms with E-state index in [4.69, 9.17) is 9.47 Å². The van der Waals surface area contributed by atoms with Crippen LogP contribution in [0.15, 0.2) is 36.8 Å². The van der Waals surface area contributed by atoms with Gasteiger partial charge in [0.2, 0.25) is 5.88 Å². The lowest BCUT2D eigenvalue weighted by molar-refractivity contribution is 0.102. The van der Waals surface area contributed by atoms with Crippen LogP contribution in [0.1, 0.15) is 36.2 Å². The minimum absolute atomic E-state index is 0.169. The largest absolute Gasteiger partial charge is 0.477 e. The molecule has 10 nitrogen and oxygen atoms in total. The Bertz CT molecular complexity index is 1110. The van der Waals surface area contributed by atoms with E-state index in [2.05, 4.69) is 37.3 Å². The molecule has 5 heterocycles. The van der Waals surface area contributed by atoms with Gasteiger partial charge in [-0.25, -0.2) is 9.97 Å². The second kappa shape index (κ2) is 8.91. The summed E-state index contributed by atoms with van der Waals surface area (Å²) in [5.41, 5.74) is 1.91. The molecule has 0 saturated carbocycles. The third kappa shape index (κ3) is 4.13. The molecular weight excluding hydrogens is 410 g/mol. The molecule has 10 heteroatoms. The van der Waals surface area contributed by atoms with Crippen molar-refractivity contribution in [3.05, 3.63) is 42.4 Å². The van der Waals surface area contributed by atoms with Gasteiger partial charge in [0.05, 0.1) is 31.7 Å². The van der Waals surface area contributed by atoms with E-state index in [1.165, 1.54) is 0 Å². The van der Waals surface area contributed by atoms with Crippen LogP contribution in [-0.4, -0.2) is 63.5 Å². The Labute approximate surface area is 185 Å². The molecule has 2 aliphatic rings. The first-order valence-corrected chi connectivity index (χ1v) is 10.8.